The maximum Gasteiger partial charge on any atom is 0.254 e. The lowest BCUT2D eigenvalue weighted by Gasteiger charge is -2.26. The summed E-state index contributed by atoms with van der Waals surface area (Å²) >= 11 is 0. The number of hydrogen-bond donors (Lipinski definition) is 1. The molecule has 0 saturated heterocycles. The second-order valence-corrected chi connectivity index (χ2v) is 7.16. The lowest BCUT2D eigenvalue weighted by atomic mass is 10.0. The highest BCUT2D eigenvalue weighted by Gasteiger charge is 2.19. The number of rotatable bonds is 8. The zero-order valence-corrected chi connectivity index (χ0v) is 16.9. The van der Waals surface area contributed by atoms with Crippen molar-refractivity contribution in [2.75, 3.05) is 33.0 Å². The van der Waals surface area contributed by atoms with E-state index in [4.69, 9.17) is 15.2 Å². The quantitative estimate of drug-likeness (QED) is 0.715. The SMILES string of the molecule is COc1ccc(CCN(CC(C)C)C(=O)c2cc(N)ccc2C)cc1OC. The average Bonchev–Trinajstić information content (AvgIpc) is 2.65. The first-order valence-corrected chi connectivity index (χ1v) is 9.22. The average molecular weight is 370 g/mol. The fourth-order valence-corrected chi connectivity index (χ4v) is 3.06. The second-order valence-electron chi connectivity index (χ2n) is 7.16. The lowest BCUT2D eigenvalue weighted by molar-refractivity contribution is 0.0737. The number of carbonyl (C=O) groups is 1. The molecule has 27 heavy (non-hydrogen) atoms. The Kier molecular flexibility index (Phi) is 7.11. The van der Waals surface area contributed by atoms with Crippen molar-refractivity contribution in [3.05, 3.63) is 53.1 Å². The third kappa shape index (κ3) is 5.39. The molecular formula is C22H30N2O3. The maximum atomic E-state index is 13.1. The summed E-state index contributed by atoms with van der Waals surface area (Å²) in [5.41, 5.74) is 9.20. The zero-order valence-electron chi connectivity index (χ0n) is 16.9. The van der Waals surface area contributed by atoms with Gasteiger partial charge >= 0.3 is 0 Å². The maximum absolute atomic E-state index is 13.1. The van der Waals surface area contributed by atoms with Crippen LogP contribution < -0.4 is 15.2 Å². The molecule has 0 aliphatic carbocycles. The van der Waals surface area contributed by atoms with Crippen molar-refractivity contribution in [1.82, 2.24) is 4.90 Å². The summed E-state index contributed by atoms with van der Waals surface area (Å²) in [7, 11) is 3.24. The van der Waals surface area contributed by atoms with Gasteiger partial charge in [-0.1, -0.05) is 26.0 Å². The molecule has 0 bridgehead atoms. The summed E-state index contributed by atoms with van der Waals surface area (Å²) < 4.78 is 10.7. The third-order valence-corrected chi connectivity index (χ3v) is 4.48. The number of nitrogens with two attached hydrogens (primary N) is 1. The molecule has 2 aromatic carbocycles. The molecule has 2 rings (SSSR count). The zero-order chi connectivity index (χ0) is 20.0. The highest BCUT2D eigenvalue weighted by atomic mass is 16.5. The minimum atomic E-state index is 0.0222. The van der Waals surface area contributed by atoms with Crippen LogP contribution in [0.3, 0.4) is 0 Å². The molecule has 0 aliphatic rings. The van der Waals surface area contributed by atoms with E-state index in [9.17, 15) is 4.79 Å². The van der Waals surface area contributed by atoms with E-state index in [0.717, 1.165) is 17.5 Å². The van der Waals surface area contributed by atoms with Crippen LogP contribution in [-0.2, 0) is 6.42 Å². The van der Waals surface area contributed by atoms with Crippen molar-refractivity contribution < 1.29 is 14.3 Å². The number of carbonyl (C=O) groups excluding carboxylic acids is 1. The highest BCUT2D eigenvalue weighted by molar-refractivity contribution is 5.96. The predicted octanol–water partition coefficient (Wildman–Crippen LogP) is 3.94. The Morgan fingerprint density at radius 2 is 1.78 bits per heavy atom. The van der Waals surface area contributed by atoms with Crippen molar-refractivity contribution in [2.45, 2.75) is 27.2 Å². The molecule has 0 saturated carbocycles. The van der Waals surface area contributed by atoms with Crippen LogP contribution >= 0.6 is 0 Å². The van der Waals surface area contributed by atoms with Crippen LogP contribution in [0.1, 0.15) is 35.3 Å². The lowest BCUT2D eigenvalue weighted by Crippen LogP contribution is -2.36. The largest absolute Gasteiger partial charge is 0.493 e. The standard InChI is InChI=1S/C22H30N2O3/c1-15(2)14-24(22(25)19-13-18(23)8-6-16(19)3)11-10-17-7-9-20(26-4)21(12-17)27-5/h6-9,12-13,15H,10-11,14,23H2,1-5H3. The Morgan fingerprint density at radius 3 is 2.41 bits per heavy atom. The van der Waals surface area contributed by atoms with Gasteiger partial charge in [0.05, 0.1) is 14.2 Å². The second kappa shape index (κ2) is 9.31. The van der Waals surface area contributed by atoms with Gasteiger partial charge in [0.25, 0.3) is 5.91 Å². The minimum absolute atomic E-state index is 0.0222. The van der Waals surface area contributed by atoms with Crippen LogP contribution in [0.2, 0.25) is 0 Å². The molecule has 0 spiro atoms. The summed E-state index contributed by atoms with van der Waals surface area (Å²) in [5, 5.41) is 0. The van der Waals surface area contributed by atoms with Crippen LogP contribution in [0.25, 0.3) is 0 Å². The summed E-state index contributed by atoms with van der Waals surface area (Å²) in [6.45, 7) is 7.49. The Hall–Kier alpha value is -2.69. The topological polar surface area (TPSA) is 64.8 Å². The van der Waals surface area contributed by atoms with Crippen LogP contribution in [0.5, 0.6) is 11.5 Å². The molecule has 0 aliphatic heterocycles. The van der Waals surface area contributed by atoms with Gasteiger partial charge in [-0.05, 0) is 54.7 Å². The van der Waals surface area contributed by atoms with Gasteiger partial charge in [-0.2, -0.15) is 0 Å². The van der Waals surface area contributed by atoms with E-state index in [2.05, 4.69) is 13.8 Å². The predicted molar refractivity (Wildman–Crippen MR) is 110 cm³/mol. The van der Waals surface area contributed by atoms with E-state index in [1.165, 1.54) is 0 Å². The Balaban J connectivity index is 2.19. The van der Waals surface area contributed by atoms with E-state index >= 15 is 0 Å². The van der Waals surface area contributed by atoms with Gasteiger partial charge in [0.15, 0.2) is 11.5 Å². The first kappa shape index (κ1) is 20.6. The Labute approximate surface area is 162 Å². The van der Waals surface area contributed by atoms with Gasteiger partial charge in [-0.15, -0.1) is 0 Å². The molecule has 5 heteroatoms. The highest BCUT2D eigenvalue weighted by Crippen LogP contribution is 2.28. The van der Waals surface area contributed by atoms with Crippen molar-refractivity contribution in [3.63, 3.8) is 0 Å². The molecule has 0 atom stereocenters. The number of methoxy groups -OCH3 is 2. The molecule has 2 aromatic rings. The number of amides is 1. The Morgan fingerprint density at radius 1 is 1.07 bits per heavy atom. The van der Waals surface area contributed by atoms with E-state index in [1.807, 2.05) is 42.2 Å². The van der Waals surface area contributed by atoms with E-state index in [1.54, 1.807) is 20.3 Å². The molecule has 1 amide bonds. The normalized spacial score (nSPS) is 10.7. The van der Waals surface area contributed by atoms with E-state index < -0.39 is 0 Å². The summed E-state index contributed by atoms with van der Waals surface area (Å²) in [6.07, 6.45) is 0.736. The van der Waals surface area contributed by atoms with Crippen molar-refractivity contribution in [3.8, 4) is 11.5 Å². The van der Waals surface area contributed by atoms with E-state index in [-0.39, 0.29) is 5.91 Å². The molecule has 0 radical (unpaired) electrons. The van der Waals surface area contributed by atoms with Gasteiger partial charge < -0.3 is 20.1 Å². The molecular weight excluding hydrogens is 340 g/mol. The van der Waals surface area contributed by atoms with Crippen LogP contribution in [0.15, 0.2) is 36.4 Å². The molecule has 0 unspecified atom stereocenters. The molecule has 0 heterocycles. The monoisotopic (exact) mass is 370 g/mol. The fraction of sp³-hybridized carbons (Fsp3) is 0.409. The number of aryl methyl sites for hydroxylation is 1. The van der Waals surface area contributed by atoms with Crippen molar-refractivity contribution in [2.24, 2.45) is 5.92 Å². The van der Waals surface area contributed by atoms with Crippen LogP contribution in [-0.4, -0.2) is 38.1 Å². The first-order chi connectivity index (χ1) is 12.8. The number of nitrogen functional groups attached to an aromatic ring is 1. The molecule has 5 nitrogen and oxygen atoms in total. The number of ether oxygens (including phenoxy) is 2. The van der Waals surface area contributed by atoms with E-state index in [0.29, 0.717) is 41.8 Å². The van der Waals surface area contributed by atoms with Crippen molar-refractivity contribution >= 4 is 11.6 Å². The summed E-state index contributed by atoms with van der Waals surface area (Å²) in [6, 6.07) is 11.3. The first-order valence-electron chi connectivity index (χ1n) is 9.22. The number of anilines is 1. The molecule has 146 valence electrons. The summed E-state index contributed by atoms with van der Waals surface area (Å²) in [4.78, 5) is 15.0. The number of nitrogens with zero attached hydrogens (tertiary/aromatic N) is 1. The molecule has 0 fully saturated rings. The fourth-order valence-electron chi connectivity index (χ4n) is 3.06. The number of hydrogen-bond acceptors (Lipinski definition) is 4. The van der Waals surface area contributed by atoms with Gasteiger partial charge in [0.1, 0.15) is 0 Å². The Bertz CT molecular complexity index is 787. The molecule has 2 N–H and O–H groups in total. The van der Waals surface area contributed by atoms with Gasteiger partial charge in [0, 0.05) is 24.3 Å². The molecule has 0 aromatic heterocycles. The van der Waals surface area contributed by atoms with Crippen LogP contribution in [0.4, 0.5) is 5.69 Å². The van der Waals surface area contributed by atoms with Gasteiger partial charge in [-0.25, -0.2) is 0 Å². The number of benzene rings is 2. The summed E-state index contributed by atoms with van der Waals surface area (Å²) in [5.74, 6) is 1.80. The van der Waals surface area contributed by atoms with Gasteiger partial charge in [0.2, 0.25) is 0 Å². The van der Waals surface area contributed by atoms with Gasteiger partial charge in [-0.3, -0.25) is 4.79 Å². The minimum Gasteiger partial charge on any atom is -0.493 e. The third-order valence-electron chi connectivity index (χ3n) is 4.48. The smallest absolute Gasteiger partial charge is 0.254 e. The van der Waals surface area contributed by atoms with Crippen molar-refractivity contribution in [1.29, 1.82) is 0 Å². The van der Waals surface area contributed by atoms with Crippen LogP contribution in [0, 0.1) is 12.8 Å².